The van der Waals surface area contributed by atoms with Crippen LogP contribution in [0.2, 0.25) is 10.0 Å². The van der Waals surface area contributed by atoms with Crippen LogP contribution in [0.1, 0.15) is 11.1 Å². The third-order valence-corrected chi connectivity index (χ3v) is 5.22. The molecule has 30 heavy (non-hydrogen) atoms. The predicted octanol–water partition coefficient (Wildman–Crippen LogP) is 6.88. The second-order valence-corrected chi connectivity index (χ2v) is 7.91. The molecule has 0 heterocycles. The maximum absolute atomic E-state index is 12.4. The number of nitrogens with one attached hydrogen (secondary N) is 1. The molecule has 1 amide bonds. The largest absolute Gasteiger partial charge is 0.488 e. The molecule has 0 saturated carbocycles. The van der Waals surface area contributed by atoms with Crippen LogP contribution in [0.15, 0.2) is 76.8 Å². The van der Waals surface area contributed by atoms with Gasteiger partial charge in [-0.15, -0.1) is 0 Å². The number of carbonyl (C=O) groups is 1. The molecule has 0 aliphatic rings. The van der Waals surface area contributed by atoms with E-state index in [-0.39, 0.29) is 5.57 Å². The molecule has 1 N–H and O–H groups in total. The quantitative estimate of drug-likeness (QED) is 0.295. The lowest BCUT2D eigenvalue weighted by Gasteiger charge is -2.10. The number of carbonyl (C=O) groups excluding carboxylic acids is 1. The van der Waals surface area contributed by atoms with Crippen molar-refractivity contribution in [3.63, 3.8) is 0 Å². The Morgan fingerprint density at radius 2 is 1.90 bits per heavy atom. The lowest BCUT2D eigenvalue weighted by Crippen LogP contribution is -2.13. The number of para-hydroxylation sites is 1. The molecule has 4 nitrogen and oxygen atoms in total. The van der Waals surface area contributed by atoms with Gasteiger partial charge in [0.15, 0.2) is 0 Å². The van der Waals surface area contributed by atoms with E-state index in [1.54, 1.807) is 48.5 Å². The predicted molar refractivity (Wildman–Crippen MR) is 124 cm³/mol. The molecular weight excluding hydrogens is 487 g/mol. The van der Waals surface area contributed by atoms with Crippen molar-refractivity contribution in [2.75, 3.05) is 5.32 Å². The van der Waals surface area contributed by atoms with E-state index in [4.69, 9.17) is 27.9 Å². The Hall–Kier alpha value is -2.78. The molecule has 150 valence electrons. The average Bonchev–Trinajstić information content (AvgIpc) is 2.73. The molecule has 0 aliphatic heterocycles. The van der Waals surface area contributed by atoms with Crippen molar-refractivity contribution in [2.24, 2.45) is 0 Å². The Kier molecular flexibility index (Phi) is 7.53. The van der Waals surface area contributed by atoms with Gasteiger partial charge in [0.25, 0.3) is 5.91 Å². The summed E-state index contributed by atoms with van der Waals surface area (Å²) in [7, 11) is 0. The molecule has 0 aromatic heterocycles. The third-order valence-electron chi connectivity index (χ3n) is 4.04. The Morgan fingerprint density at radius 3 is 2.60 bits per heavy atom. The zero-order valence-electron chi connectivity index (χ0n) is 15.5. The van der Waals surface area contributed by atoms with Crippen LogP contribution in [0.3, 0.4) is 0 Å². The Labute approximate surface area is 192 Å². The van der Waals surface area contributed by atoms with Crippen molar-refractivity contribution in [2.45, 2.75) is 6.61 Å². The van der Waals surface area contributed by atoms with Gasteiger partial charge in [0.2, 0.25) is 0 Å². The first kappa shape index (κ1) is 21.9. The molecule has 0 radical (unpaired) electrons. The molecule has 3 aromatic rings. The van der Waals surface area contributed by atoms with E-state index in [0.29, 0.717) is 38.1 Å². The minimum absolute atomic E-state index is 0.0468. The highest BCUT2D eigenvalue weighted by atomic mass is 79.9. The van der Waals surface area contributed by atoms with Gasteiger partial charge in [-0.2, -0.15) is 5.26 Å². The molecule has 0 aliphatic carbocycles. The highest BCUT2D eigenvalue weighted by Crippen LogP contribution is 2.28. The van der Waals surface area contributed by atoms with Gasteiger partial charge in [0.1, 0.15) is 24.0 Å². The van der Waals surface area contributed by atoms with E-state index in [2.05, 4.69) is 21.2 Å². The van der Waals surface area contributed by atoms with Gasteiger partial charge in [0, 0.05) is 5.02 Å². The maximum Gasteiger partial charge on any atom is 0.266 e. The van der Waals surface area contributed by atoms with Crippen molar-refractivity contribution in [3.8, 4) is 11.8 Å². The van der Waals surface area contributed by atoms with E-state index >= 15 is 0 Å². The van der Waals surface area contributed by atoms with E-state index in [1.807, 2.05) is 24.3 Å². The zero-order chi connectivity index (χ0) is 21.5. The van der Waals surface area contributed by atoms with Crippen LogP contribution in [-0.2, 0) is 11.4 Å². The molecule has 0 spiro atoms. The van der Waals surface area contributed by atoms with Crippen LogP contribution in [0.4, 0.5) is 5.69 Å². The van der Waals surface area contributed by atoms with Gasteiger partial charge in [-0.05, 0) is 69.5 Å². The Morgan fingerprint density at radius 1 is 1.10 bits per heavy atom. The normalized spacial score (nSPS) is 10.9. The van der Waals surface area contributed by atoms with Crippen LogP contribution < -0.4 is 10.1 Å². The number of nitrogens with zero attached hydrogens (tertiary/aromatic N) is 1. The molecule has 3 rings (SSSR count). The second kappa shape index (κ2) is 10.3. The van der Waals surface area contributed by atoms with Gasteiger partial charge < -0.3 is 10.1 Å². The molecule has 0 bridgehead atoms. The first-order chi connectivity index (χ1) is 14.5. The standard InChI is InChI=1S/C23H15BrCl2N2O2/c24-19-12-15(8-9-22(19)30-14-16-4-3-5-18(25)11-16)10-17(13-27)23(29)28-21-7-2-1-6-20(21)26/h1-12H,14H2,(H,28,29)/b17-10+. The van der Waals surface area contributed by atoms with Crippen LogP contribution in [0.5, 0.6) is 5.75 Å². The number of benzene rings is 3. The van der Waals surface area contributed by atoms with Crippen molar-refractivity contribution < 1.29 is 9.53 Å². The molecule has 0 atom stereocenters. The fourth-order valence-electron chi connectivity index (χ4n) is 2.58. The molecular formula is C23H15BrCl2N2O2. The minimum atomic E-state index is -0.539. The SMILES string of the molecule is N#C/C(=C\c1ccc(OCc2cccc(Cl)c2)c(Br)c1)C(=O)Nc1ccccc1Cl. The lowest BCUT2D eigenvalue weighted by atomic mass is 10.1. The highest BCUT2D eigenvalue weighted by molar-refractivity contribution is 9.10. The monoisotopic (exact) mass is 500 g/mol. The van der Waals surface area contributed by atoms with E-state index in [9.17, 15) is 10.1 Å². The third kappa shape index (κ3) is 5.87. The molecule has 0 saturated heterocycles. The number of nitriles is 1. The first-order valence-corrected chi connectivity index (χ1v) is 10.4. The van der Waals surface area contributed by atoms with Crippen molar-refractivity contribution in [1.82, 2.24) is 0 Å². The van der Waals surface area contributed by atoms with E-state index in [0.717, 1.165) is 5.56 Å². The molecule has 7 heteroatoms. The topological polar surface area (TPSA) is 62.1 Å². The van der Waals surface area contributed by atoms with Crippen LogP contribution in [-0.4, -0.2) is 5.91 Å². The number of hydrogen-bond acceptors (Lipinski definition) is 3. The smallest absolute Gasteiger partial charge is 0.266 e. The van der Waals surface area contributed by atoms with Gasteiger partial charge >= 0.3 is 0 Å². The number of hydrogen-bond donors (Lipinski definition) is 1. The summed E-state index contributed by atoms with van der Waals surface area (Å²) in [5, 5.41) is 13.1. The summed E-state index contributed by atoms with van der Waals surface area (Å²) < 4.78 is 6.51. The summed E-state index contributed by atoms with van der Waals surface area (Å²) in [5.74, 6) is 0.0918. The zero-order valence-corrected chi connectivity index (χ0v) is 18.6. The average molecular weight is 502 g/mol. The van der Waals surface area contributed by atoms with E-state index in [1.165, 1.54) is 6.08 Å². The Balaban J connectivity index is 1.72. The summed E-state index contributed by atoms with van der Waals surface area (Å²) in [6.07, 6.45) is 1.50. The summed E-state index contributed by atoms with van der Waals surface area (Å²) in [6.45, 7) is 0.359. The number of anilines is 1. The number of ether oxygens (including phenoxy) is 1. The van der Waals surface area contributed by atoms with Crippen molar-refractivity contribution in [3.05, 3.63) is 97.9 Å². The number of amides is 1. The summed E-state index contributed by atoms with van der Waals surface area (Å²) in [6, 6.07) is 21.5. The molecule has 3 aromatic carbocycles. The van der Waals surface area contributed by atoms with Crippen LogP contribution in [0.25, 0.3) is 6.08 Å². The van der Waals surface area contributed by atoms with Crippen LogP contribution in [0, 0.1) is 11.3 Å². The van der Waals surface area contributed by atoms with Gasteiger partial charge in [-0.3, -0.25) is 4.79 Å². The fourth-order valence-corrected chi connectivity index (χ4v) is 3.49. The first-order valence-electron chi connectivity index (χ1n) is 8.81. The highest BCUT2D eigenvalue weighted by Gasteiger charge is 2.12. The van der Waals surface area contributed by atoms with Crippen LogP contribution >= 0.6 is 39.1 Å². The second-order valence-electron chi connectivity index (χ2n) is 6.21. The number of rotatable bonds is 6. The summed E-state index contributed by atoms with van der Waals surface area (Å²) >= 11 is 15.5. The fraction of sp³-hybridized carbons (Fsp3) is 0.0435. The van der Waals surface area contributed by atoms with Crippen molar-refractivity contribution >= 4 is 56.8 Å². The van der Waals surface area contributed by atoms with Gasteiger partial charge in [-0.25, -0.2) is 0 Å². The lowest BCUT2D eigenvalue weighted by molar-refractivity contribution is -0.112. The molecule has 0 unspecified atom stereocenters. The van der Waals surface area contributed by atoms with Gasteiger partial charge in [-0.1, -0.05) is 53.5 Å². The summed E-state index contributed by atoms with van der Waals surface area (Å²) in [4.78, 5) is 12.4. The maximum atomic E-state index is 12.4. The number of halogens is 3. The summed E-state index contributed by atoms with van der Waals surface area (Å²) in [5.41, 5.74) is 2.01. The minimum Gasteiger partial charge on any atom is -0.488 e. The van der Waals surface area contributed by atoms with Gasteiger partial charge in [0.05, 0.1) is 15.2 Å². The Bertz CT molecular complexity index is 1160. The van der Waals surface area contributed by atoms with E-state index < -0.39 is 5.91 Å². The van der Waals surface area contributed by atoms with Crippen molar-refractivity contribution in [1.29, 1.82) is 5.26 Å². The molecule has 0 fully saturated rings.